The summed E-state index contributed by atoms with van der Waals surface area (Å²) in [6, 6.07) is 2.10. The van der Waals surface area contributed by atoms with Gasteiger partial charge < -0.3 is 15.8 Å². The van der Waals surface area contributed by atoms with Crippen LogP contribution in [-0.2, 0) is 0 Å². The molecular weight excluding hydrogens is 236 g/mol. The van der Waals surface area contributed by atoms with E-state index in [1.54, 1.807) is 7.11 Å². The van der Waals surface area contributed by atoms with Crippen LogP contribution in [0.4, 0.5) is 5.69 Å². The average molecular weight is 264 g/mol. The number of nitrogens with one attached hydrogen (secondary N) is 1. The van der Waals surface area contributed by atoms with Crippen molar-refractivity contribution >= 4 is 5.69 Å². The van der Waals surface area contributed by atoms with Gasteiger partial charge in [-0.05, 0) is 61.9 Å². The van der Waals surface area contributed by atoms with Gasteiger partial charge in [0, 0.05) is 12.2 Å². The fourth-order valence-corrected chi connectivity index (χ4v) is 2.34. The van der Waals surface area contributed by atoms with Crippen molar-refractivity contribution in [3.05, 3.63) is 22.8 Å². The third-order valence-electron chi connectivity index (χ3n) is 3.83. The summed E-state index contributed by atoms with van der Waals surface area (Å²) in [7, 11) is 1.72. The molecule has 0 unspecified atom stereocenters. The van der Waals surface area contributed by atoms with Gasteiger partial charge in [0.25, 0.3) is 0 Å². The third kappa shape index (κ3) is 3.87. The Morgan fingerprint density at radius 2 is 1.84 bits per heavy atom. The quantitative estimate of drug-likeness (QED) is 0.827. The van der Waals surface area contributed by atoms with E-state index in [1.165, 1.54) is 22.4 Å². The van der Waals surface area contributed by atoms with Crippen molar-refractivity contribution in [1.82, 2.24) is 0 Å². The van der Waals surface area contributed by atoms with Gasteiger partial charge >= 0.3 is 0 Å². The van der Waals surface area contributed by atoms with Crippen molar-refractivity contribution in [2.45, 2.75) is 41.0 Å². The second-order valence-corrected chi connectivity index (χ2v) is 6.08. The van der Waals surface area contributed by atoms with Gasteiger partial charge in [-0.3, -0.25) is 0 Å². The Balaban J connectivity index is 2.94. The Labute approximate surface area is 117 Å². The number of nitrogens with two attached hydrogens (primary N) is 1. The lowest BCUT2D eigenvalue weighted by Gasteiger charge is -2.26. The summed E-state index contributed by atoms with van der Waals surface area (Å²) in [6.45, 7) is 12.5. The average Bonchev–Trinajstić information content (AvgIpc) is 2.33. The zero-order valence-electron chi connectivity index (χ0n) is 13.2. The molecule has 0 atom stereocenters. The molecule has 1 aromatic rings. The normalized spacial score (nSPS) is 11.5. The van der Waals surface area contributed by atoms with Crippen molar-refractivity contribution in [3.8, 4) is 5.75 Å². The first-order chi connectivity index (χ1) is 8.82. The minimum absolute atomic E-state index is 0.210. The molecule has 0 saturated heterocycles. The van der Waals surface area contributed by atoms with Crippen molar-refractivity contribution in [3.63, 3.8) is 0 Å². The van der Waals surface area contributed by atoms with Gasteiger partial charge in [-0.1, -0.05) is 13.8 Å². The van der Waals surface area contributed by atoms with E-state index in [2.05, 4.69) is 46.0 Å². The van der Waals surface area contributed by atoms with Crippen LogP contribution in [0.3, 0.4) is 0 Å². The molecule has 19 heavy (non-hydrogen) atoms. The second kappa shape index (κ2) is 6.29. The van der Waals surface area contributed by atoms with Crippen LogP contribution in [0.2, 0.25) is 0 Å². The lowest BCUT2D eigenvalue weighted by atomic mass is 9.89. The van der Waals surface area contributed by atoms with Crippen molar-refractivity contribution < 1.29 is 4.74 Å². The summed E-state index contributed by atoms with van der Waals surface area (Å²) in [5, 5.41) is 3.59. The molecule has 3 N–H and O–H groups in total. The van der Waals surface area contributed by atoms with Crippen LogP contribution in [0.15, 0.2) is 6.07 Å². The number of hydrogen-bond acceptors (Lipinski definition) is 3. The number of rotatable bonds is 6. The first-order valence-electron chi connectivity index (χ1n) is 6.91. The zero-order valence-corrected chi connectivity index (χ0v) is 13.2. The van der Waals surface area contributed by atoms with E-state index in [9.17, 15) is 0 Å². The summed E-state index contributed by atoms with van der Waals surface area (Å²) in [6.07, 6.45) is 1.02. The molecule has 1 rings (SSSR count). The van der Waals surface area contributed by atoms with Gasteiger partial charge in [-0.15, -0.1) is 0 Å². The van der Waals surface area contributed by atoms with E-state index in [4.69, 9.17) is 10.5 Å². The zero-order chi connectivity index (χ0) is 14.6. The minimum atomic E-state index is 0.210. The van der Waals surface area contributed by atoms with Gasteiger partial charge in [-0.2, -0.15) is 0 Å². The predicted octanol–water partition coefficient (Wildman–Crippen LogP) is 3.41. The maximum absolute atomic E-state index is 5.66. The summed E-state index contributed by atoms with van der Waals surface area (Å²) in [5.41, 5.74) is 10.8. The van der Waals surface area contributed by atoms with E-state index in [0.29, 0.717) is 0 Å². The molecule has 3 nitrogen and oxygen atoms in total. The van der Waals surface area contributed by atoms with Gasteiger partial charge in [0.1, 0.15) is 5.75 Å². The lowest BCUT2D eigenvalue weighted by molar-refractivity contribution is 0.365. The van der Waals surface area contributed by atoms with E-state index in [-0.39, 0.29) is 5.41 Å². The molecule has 0 spiro atoms. The van der Waals surface area contributed by atoms with Crippen LogP contribution in [0.1, 0.15) is 37.0 Å². The van der Waals surface area contributed by atoms with E-state index in [0.717, 1.165) is 25.3 Å². The molecule has 0 bridgehead atoms. The molecule has 1 aromatic carbocycles. The molecule has 108 valence electrons. The highest BCUT2D eigenvalue weighted by Crippen LogP contribution is 2.32. The highest BCUT2D eigenvalue weighted by Gasteiger charge is 2.18. The standard InChI is InChI=1S/C16H28N2O/c1-11-9-14(19-6)12(2)13(3)15(11)18-10-16(4,5)7-8-17/h9,18H,7-8,10,17H2,1-6H3. The molecule has 0 amide bonds. The summed E-state index contributed by atoms with van der Waals surface area (Å²) < 4.78 is 5.40. The first kappa shape index (κ1) is 15.8. The fourth-order valence-electron chi connectivity index (χ4n) is 2.34. The molecule has 0 fully saturated rings. The Bertz CT molecular complexity index is 439. The number of benzene rings is 1. The highest BCUT2D eigenvalue weighted by atomic mass is 16.5. The molecular formula is C16H28N2O. The molecule has 3 heteroatoms. The third-order valence-corrected chi connectivity index (χ3v) is 3.83. The molecule has 0 heterocycles. The first-order valence-corrected chi connectivity index (χ1v) is 6.91. The van der Waals surface area contributed by atoms with Crippen LogP contribution >= 0.6 is 0 Å². The van der Waals surface area contributed by atoms with E-state index in [1.807, 2.05) is 0 Å². The Hall–Kier alpha value is -1.22. The van der Waals surface area contributed by atoms with Crippen LogP contribution in [-0.4, -0.2) is 20.2 Å². The Morgan fingerprint density at radius 1 is 1.21 bits per heavy atom. The van der Waals surface area contributed by atoms with Crippen molar-refractivity contribution in [2.24, 2.45) is 11.1 Å². The number of anilines is 1. The number of ether oxygens (including phenoxy) is 1. The molecule has 0 aromatic heterocycles. The SMILES string of the molecule is COc1cc(C)c(NCC(C)(C)CCN)c(C)c1C. The monoisotopic (exact) mass is 264 g/mol. The summed E-state index contributed by atoms with van der Waals surface area (Å²) in [5.74, 6) is 0.960. The summed E-state index contributed by atoms with van der Waals surface area (Å²) in [4.78, 5) is 0. The van der Waals surface area contributed by atoms with Crippen LogP contribution < -0.4 is 15.8 Å². The lowest BCUT2D eigenvalue weighted by Crippen LogP contribution is -2.26. The van der Waals surface area contributed by atoms with Gasteiger partial charge in [0.05, 0.1) is 7.11 Å². The van der Waals surface area contributed by atoms with E-state index < -0.39 is 0 Å². The van der Waals surface area contributed by atoms with Crippen LogP contribution in [0, 0.1) is 26.2 Å². The number of methoxy groups -OCH3 is 1. The fraction of sp³-hybridized carbons (Fsp3) is 0.625. The Kier molecular flexibility index (Phi) is 5.24. The predicted molar refractivity (Wildman–Crippen MR) is 83.1 cm³/mol. The van der Waals surface area contributed by atoms with Gasteiger partial charge in [-0.25, -0.2) is 0 Å². The largest absolute Gasteiger partial charge is 0.496 e. The minimum Gasteiger partial charge on any atom is -0.496 e. The topological polar surface area (TPSA) is 47.3 Å². The second-order valence-electron chi connectivity index (χ2n) is 6.08. The molecule has 0 radical (unpaired) electrons. The molecule has 0 aliphatic carbocycles. The van der Waals surface area contributed by atoms with E-state index >= 15 is 0 Å². The maximum Gasteiger partial charge on any atom is 0.122 e. The molecule has 0 saturated carbocycles. The smallest absolute Gasteiger partial charge is 0.122 e. The number of hydrogen-bond donors (Lipinski definition) is 2. The van der Waals surface area contributed by atoms with Crippen LogP contribution in [0.5, 0.6) is 5.75 Å². The van der Waals surface area contributed by atoms with Crippen LogP contribution in [0.25, 0.3) is 0 Å². The number of aryl methyl sites for hydroxylation is 1. The summed E-state index contributed by atoms with van der Waals surface area (Å²) >= 11 is 0. The highest BCUT2D eigenvalue weighted by molar-refractivity contribution is 5.63. The van der Waals surface area contributed by atoms with Gasteiger partial charge in [0.15, 0.2) is 0 Å². The van der Waals surface area contributed by atoms with Crippen molar-refractivity contribution in [2.75, 3.05) is 25.5 Å². The molecule has 0 aliphatic rings. The Morgan fingerprint density at radius 3 is 2.37 bits per heavy atom. The van der Waals surface area contributed by atoms with Crippen molar-refractivity contribution in [1.29, 1.82) is 0 Å². The molecule has 0 aliphatic heterocycles. The van der Waals surface area contributed by atoms with Gasteiger partial charge in [0.2, 0.25) is 0 Å². The maximum atomic E-state index is 5.66.